The Labute approximate surface area is 276 Å². The van der Waals surface area contributed by atoms with Gasteiger partial charge in [0.1, 0.15) is 19.8 Å². The van der Waals surface area contributed by atoms with Crippen molar-refractivity contribution in [3.05, 3.63) is 0 Å². The van der Waals surface area contributed by atoms with E-state index < -0.39 is 26.5 Å². The van der Waals surface area contributed by atoms with Crippen molar-refractivity contribution in [3.8, 4) is 0 Å². The maximum Gasteiger partial charge on any atom is 0.472 e. The van der Waals surface area contributed by atoms with Crippen LogP contribution in [0.25, 0.3) is 0 Å². The van der Waals surface area contributed by atoms with Gasteiger partial charge in [-0.2, -0.15) is 0 Å². The van der Waals surface area contributed by atoms with E-state index in [0.29, 0.717) is 23.9 Å². The quantitative estimate of drug-likeness (QED) is 0.0320. The van der Waals surface area contributed by atoms with Gasteiger partial charge in [-0.05, 0) is 12.8 Å². The van der Waals surface area contributed by atoms with Crippen LogP contribution in [0.1, 0.15) is 162 Å². The summed E-state index contributed by atoms with van der Waals surface area (Å²) in [7, 11) is 1.48. The Morgan fingerprint density at radius 2 is 1.00 bits per heavy atom. The topological polar surface area (TPSA) is 108 Å². The lowest BCUT2D eigenvalue weighted by Gasteiger charge is -2.24. The molecule has 0 radical (unpaired) electrons. The SMILES string of the molecule is CCCCCCCCCCCCCCCCC(=O)OC[C@H](COP(=O)(O)OCC[N+](C)(C)C)OC(=O)CCCCCCCCC. The largest absolute Gasteiger partial charge is 0.472 e. The molecule has 1 N–H and O–H groups in total. The third kappa shape index (κ3) is 32.7. The van der Waals surface area contributed by atoms with Gasteiger partial charge in [0.25, 0.3) is 0 Å². The van der Waals surface area contributed by atoms with Crippen LogP contribution in [0.3, 0.4) is 0 Å². The van der Waals surface area contributed by atoms with Gasteiger partial charge in [-0.3, -0.25) is 18.6 Å². The molecule has 268 valence electrons. The molecular weight excluding hydrogens is 593 g/mol. The summed E-state index contributed by atoms with van der Waals surface area (Å²) in [4.78, 5) is 34.9. The summed E-state index contributed by atoms with van der Waals surface area (Å²) in [5, 5.41) is 0. The van der Waals surface area contributed by atoms with Gasteiger partial charge in [0.05, 0.1) is 27.7 Å². The molecule has 0 rings (SSSR count). The van der Waals surface area contributed by atoms with E-state index in [-0.39, 0.29) is 25.6 Å². The molecule has 1 unspecified atom stereocenters. The molecule has 0 bridgehead atoms. The van der Waals surface area contributed by atoms with Crippen molar-refractivity contribution >= 4 is 19.8 Å². The van der Waals surface area contributed by atoms with Gasteiger partial charge in [0.15, 0.2) is 6.10 Å². The highest BCUT2D eigenvalue weighted by atomic mass is 31.2. The minimum Gasteiger partial charge on any atom is -0.462 e. The van der Waals surface area contributed by atoms with Crippen molar-refractivity contribution in [1.29, 1.82) is 0 Å². The van der Waals surface area contributed by atoms with Crippen molar-refractivity contribution in [2.75, 3.05) is 47.5 Å². The second-order valence-electron chi connectivity index (χ2n) is 13.6. The third-order valence-corrected chi connectivity index (χ3v) is 8.87. The number of phosphoric acid groups is 1. The molecular formula is C35H71NO8P+. The summed E-state index contributed by atoms with van der Waals surface area (Å²) in [6.45, 7) is 4.37. The van der Waals surface area contributed by atoms with E-state index in [1.54, 1.807) is 0 Å². The zero-order chi connectivity index (χ0) is 33.7. The number of phosphoric ester groups is 1. The number of rotatable bonds is 33. The number of nitrogens with zero attached hydrogens (tertiary/aromatic N) is 1. The second-order valence-corrected chi connectivity index (χ2v) is 15.1. The van der Waals surface area contributed by atoms with Crippen LogP contribution in [0.4, 0.5) is 0 Å². The monoisotopic (exact) mass is 664 g/mol. The summed E-state index contributed by atoms with van der Waals surface area (Å²) in [6.07, 6.45) is 24.5. The van der Waals surface area contributed by atoms with E-state index in [9.17, 15) is 19.0 Å². The number of carbonyl (C=O) groups is 2. The zero-order valence-corrected chi connectivity index (χ0v) is 30.8. The Bertz CT molecular complexity index is 758. The molecule has 0 aromatic heterocycles. The van der Waals surface area contributed by atoms with E-state index in [4.69, 9.17) is 18.5 Å². The molecule has 45 heavy (non-hydrogen) atoms. The Hall–Kier alpha value is -0.990. The molecule has 0 aromatic carbocycles. The number of quaternary nitrogens is 1. The summed E-state index contributed by atoms with van der Waals surface area (Å²) >= 11 is 0. The zero-order valence-electron chi connectivity index (χ0n) is 29.9. The first kappa shape index (κ1) is 44.0. The van der Waals surface area contributed by atoms with E-state index >= 15 is 0 Å². The number of hydrogen-bond donors (Lipinski definition) is 1. The molecule has 0 amide bonds. The molecule has 9 nitrogen and oxygen atoms in total. The van der Waals surface area contributed by atoms with Gasteiger partial charge in [-0.1, -0.05) is 136 Å². The first-order valence-electron chi connectivity index (χ1n) is 18.3. The van der Waals surface area contributed by atoms with Crippen LogP contribution in [0.15, 0.2) is 0 Å². The lowest BCUT2D eigenvalue weighted by molar-refractivity contribution is -0.870. The van der Waals surface area contributed by atoms with E-state index in [1.165, 1.54) is 89.9 Å². The molecule has 0 aliphatic heterocycles. The molecule has 0 aliphatic rings. The highest BCUT2D eigenvalue weighted by Gasteiger charge is 2.27. The fraction of sp³-hybridized carbons (Fsp3) is 0.943. The lowest BCUT2D eigenvalue weighted by atomic mass is 10.0. The fourth-order valence-corrected chi connectivity index (χ4v) is 5.70. The number of carbonyl (C=O) groups excluding carboxylic acids is 2. The van der Waals surface area contributed by atoms with Crippen LogP contribution in [-0.2, 0) is 32.7 Å². The van der Waals surface area contributed by atoms with E-state index in [1.807, 2.05) is 21.1 Å². The average Bonchev–Trinajstić information content (AvgIpc) is 2.97. The summed E-state index contributed by atoms with van der Waals surface area (Å²) in [5.41, 5.74) is 0. The normalized spacial score (nSPS) is 13.8. The Morgan fingerprint density at radius 3 is 1.42 bits per heavy atom. The number of likely N-dealkylation sites (N-methyl/N-ethyl adjacent to an activating group) is 1. The van der Waals surface area contributed by atoms with E-state index in [0.717, 1.165) is 38.5 Å². The van der Waals surface area contributed by atoms with Gasteiger partial charge in [0, 0.05) is 12.8 Å². The van der Waals surface area contributed by atoms with Crippen molar-refractivity contribution in [3.63, 3.8) is 0 Å². The molecule has 10 heteroatoms. The number of unbranched alkanes of at least 4 members (excludes halogenated alkanes) is 19. The predicted molar refractivity (Wildman–Crippen MR) is 183 cm³/mol. The summed E-state index contributed by atoms with van der Waals surface area (Å²) < 4.78 is 34.0. The maximum atomic E-state index is 12.5. The maximum absolute atomic E-state index is 12.5. The standard InChI is InChI=1S/C35H70NO8P/c1-6-8-10-12-14-15-16-17-18-19-20-22-23-25-27-34(37)41-31-33(32-43-45(39,40)42-30-29-36(3,4)5)44-35(38)28-26-24-21-13-11-9-7-2/h33H,6-32H2,1-5H3/p+1/t33-/m1/s1. The fourth-order valence-electron chi connectivity index (χ4n) is 4.95. The van der Waals surface area contributed by atoms with Crippen LogP contribution in [-0.4, -0.2) is 74.9 Å². The van der Waals surface area contributed by atoms with Crippen LogP contribution in [0, 0.1) is 0 Å². The number of ether oxygens (including phenoxy) is 2. The molecule has 0 aliphatic carbocycles. The van der Waals surface area contributed by atoms with Crippen LogP contribution in [0.2, 0.25) is 0 Å². The first-order valence-corrected chi connectivity index (χ1v) is 19.8. The van der Waals surface area contributed by atoms with Crippen molar-refractivity contribution in [2.45, 2.75) is 168 Å². The molecule has 0 heterocycles. The van der Waals surface area contributed by atoms with E-state index in [2.05, 4.69) is 13.8 Å². The average molecular weight is 665 g/mol. The Kier molecular flexibility index (Phi) is 28.5. The minimum absolute atomic E-state index is 0.0359. The van der Waals surface area contributed by atoms with Gasteiger partial charge >= 0.3 is 19.8 Å². The predicted octanol–water partition coefficient (Wildman–Crippen LogP) is 9.29. The molecule has 0 aromatic rings. The van der Waals surface area contributed by atoms with Crippen LogP contribution < -0.4 is 0 Å². The smallest absolute Gasteiger partial charge is 0.462 e. The van der Waals surface area contributed by atoms with Gasteiger partial charge in [0.2, 0.25) is 0 Å². The number of esters is 2. The Balaban J connectivity index is 4.35. The first-order chi connectivity index (χ1) is 21.5. The third-order valence-electron chi connectivity index (χ3n) is 7.89. The number of hydrogen-bond acceptors (Lipinski definition) is 7. The van der Waals surface area contributed by atoms with Gasteiger partial charge in [-0.15, -0.1) is 0 Å². The van der Waals surface area contributed by atoms with Crippen molar-refractivity contribution < 1.29 is 42.1 Å². The highest BCUT2D eigenvalue weighted by Crippen LogP contribution is 2.43. The van der Waals surface area contributed by atoms with Crippen molar-refractivity contribution in [1.82, 2.24) is 0 Å². The second kappa shape index (κ2) is 29.2. The van der Waals surface area contributed by atoms with Crippen molar-refractivity contribution in [2.24, 2.45) is 0 Å². The van der Waals surface area contributed by atoms with Crippen LogP contribution in [0.5, 0.6) is 0 Å². The lowest BCUT2D eigenvalue weighted by Crippen LogP contribution is -2.37. The highest BCUT2D eigenvalue weighted by molar-refractivity contribution is 7.47. The van der Waals surface area contributed by atoms with Gasteiger partial charge < -0.3 is 18.9 Å². The molecule has 0 fully saturated rings. The summed E-state index contributed by atoms with van der Waals surface area (Å²) in [6, 6.07) is 0. The Morgan fingerprint density at radius 1 is 0.600 bits per heavy atom. The molecule has 0 saturated heterocycles. The summed E-state index contributed by atoms with van der Waals surface area (Å²) in [5.74, 6) is -0.799. The molecule has 2 atom stereocenters. The van der Waals surface area contributed by atoms with Crippen LogP contribution >= 0.6 is 7.82 Å². The minimum atomic E-state index is -4.35. The molecule has 0 saturated carbocycles. The van der Waals surface area contributed by atoms with Gasteiger partial charge in [-0.25, -0.2) is 4.57 Å². The molecule has 0 spiro atoms.